The third-order valence-corrected chi connectivity index (χ3v) is 12.0. The van der Waals surface area contributed by atoms with Crippen molar-refractivity contribution in [3.05, 3.63) is 82.9 Å². The number of hydrogen-bond donors (Lipinski definition) is 5. The maximum absolute atomic E-state index is 14.3. The number of nitrogens with one attached hydrogen (secondary N) is 1. The van der Waals surface area contributed by atoms with Crippen LogP contribution in [0.1, 0.15) is 75.8 Å². The molecule has 1 heterocycles. The van der Waals surface area contributed by atoms with E-state index in [0.29, 0.717) is 29.5 Å². The van der Waals surface area contributed by atoms with Gasteiger partial charge in [-0.15, -0.1) is 0 Å². The molecule has 0 spiro atoms. The first-order chi connectivity index (χ1) is 22.1. The largest absolute Gasteiger partial charge is 0.456 e. The Balaban J connectivity index is 0.00000451. The fourth-order valence-corrected chi connectivity index (χ4v) is 9.31. The van der Waals surface area contributed by atoms with Crippen LogP contribution in [0.2, 0.25) is 0 Å². The van der Waals surface area contributed by atoms with E-state index < -0.39 is 82.0 Å². The van der Waals surface area contributed by atoms with Crippen molar-refractivity contribution in [3.63, 3.8) is 0 Å². The molecule has 1 radical (unpaired) electrons. The standard InChI is InChI=1S/C37H45NO9.Ac/c1-20-24(47-33(43)29(40)27(22-12-8-6-9-13-22)38-32(42)23-14-10-7-11-15-23)18-37(45)21(2)30-35(5,17-16-25-36(30,44)19-46-25)31(41)28(39)26(20)34(37,3)4;/h6-15,21,24-25,27-30,39-40,44-45H,16-19H2,1-5H3,(H,38,42);/t21-,24?,25?,27?,28?,29?,30?,35+,36?,37?;/m0./s1. The number of amides is 1. The Morgan fingerprint density at radius 2 is 1.62 bits per heavy atom. The minimum absolute atomic E-state index is 0. The number of benzene rings is 2. The number of aliphatic hydroxyl groups is 4. The zero-order valence-electron chi connectivity index (χ0n) is 28.1. The molecule has 3 fully saturated rings. The van der Waals surface area contributed by atoms with Crippen LogP contribution in [0.25, 0.3) is 0 Å². The Morgan fingerprint density at radius 3 is 2.21 bits per heavy atom. The van der Waals surface area contributed by atoms with Crippen LogP contribution in [-0.4, -0.2) is 80.3 Å². The molecule has 2 saturated carbocycles. The SMILES string of the molecule is CC1=C2C(O)C(=O)[C@]3(C)CCC4OCC4(O)C3[C@H](C)C(O)(CC1OC(=O)C(O)C(NC(=O)c1ccccc1)c1ccccc1)C2(C)C.[Ac]. The number of ether oxygens (including phenoxy) is 2. The van der Waals surface area contributed by atoms with E-state index in [-0.39, 0.29) is 62.7 Å². The quantitative estimate of drug-likeness (QED) is 0.217. The Bertz CT molecular complexity index is 1600. The van der Waals surface area contributed by atoms with Gasteiger partial charge < -0.3 is 35.2 Å². The monoisotopic (exact) mass is 874 g/mol. The summed E-state index contributed by atoms with van der Waals surface area (Å²) in [6.45, 7) is 8.79. The van der Waals surface area contributed by atoms with Crippen molar-refractivity contribution in [2.75, 3.05) is 6.61 Å². The van der Waals surface area contributed by atoms with E-state index in [0.717, 1.165) is 0 Å². The van der Waals surface area contributed by atoms with Crippen LogP contribution < -0.4 is 5.32 Å². The molecule has 2 bridgehead atoms. The summed E-state index contributed by atoms with van der Waals surface area (Å²) in [5, 5.41) is 50.6. The molecule has 8 unspecified atom stereocenters. The first kappa shape index (κ1) is 37.3. The number of aliphatic hydroxyl groups excluding tert-OH is 2. The van der Waals surface area contributed by atoms with Crippen LogP contribution in [0.5, 0.6) is 0 Å². The summed E-state index contributed by atoms with van der Waals surface area (Å²) in [6, 6.07) is 15.8. The van der Waals surface area contributed by atoms with Gasteiger partial charge >= 0.3 is 5.97 Å². The van der Waals surface area contributed by atoms with Crippen LogP contribution in [0.15, 0.2) is 71.8 Å². The van der Waals surface area contributed by atoms with Gasteiger partial charge in [0.2, 0.25) is 0 Å². The van der Waals surface area contributed by atoms with E-state index in [2.05, 4.69) is 5.32 Å². The number of rotatable bonds is 6. The molecule has 10 atom stereocenters. The summed E-state index contributed by atoms with van der Waals surface area (Å²) in [5.74, 6) is -3.42. The normalized spacial score (nSPS) is 36.4. The van der Waals surface area contributed by atoms with Gasteiger partial charge in [0.25, 0.3) is 5.91 Å². The second-order valence-corrected chi connectivity index (χ2v) is 14.7. The average Bonchev–Trinajstić information content (AvgIpc) is 3.04. The molecule has 6 rings (SSSR count). The van der Waals surface area contributed by atoms with Gasteiger partial charge in [-0.25, -0.2) is 4.79 Å². The van der Waals surface area contributed by atoms with Crippen molar-refractivity contribution >= 4 is 17.7 Å². The summed E-state index contributed by atoms with van der Waals surface area (Å²) < 4.78 is 11.7. The van der Waals surface area contributed by atoms with E-state index in [1.54, 1.807) is 88.4 Å². The fraction of sp³-hybridized carbons (Fsp3) is 0.541. The van der Waals surface area contributed by atoms with Gasteiger partial charge in [-0.2, -0.15) is 0 Å². The first-order valence-electron chi connectivity index (χ1n) is 16.4. The summed E-state index contributed by atoms with van der Waals surface area (Å²) >= 11 is 0. The van der Waals surface area contributed by atoms with Gasteiger partial charge in [0.15, 0.2) is 11.9 Å². The van der Waals surface area contributed by atoms with Gasteiger partial charge in [0.05, 0.1) is 24.4 Å². The Hall–Kier alpha value is -1.97. The third kappa shape index (κ3) is 5.66. The zero-order valence-corrected chi connectivity index (χ0v) is 32.8. The van der Waals surface area contributed by atoms with Crippen LogP contribution in [0.4, 0.5) is 0 Å². The molecule has 255 valence electrons. The third-order valence-electron chi connectivity index (χ3n) is 12.0. The Labute approximate surface area is 316 Å². The second-order valence-electron chi connectivity index (χ2n) is 14.7. The molecule has 4 aliphatic rings. The predicted octanol–water partition coefficient (Wildman–Crippen LogP) is 3.03. The smallest absolute Gasteiger partial charge is 0.338 e. The number of hydrogen-bond acceptors (Lipinski definition) is 9. The molecule has 10 nitrogen and oxygen atoms in total. The minimum Gasteiger partial charge on any atom is -0.456 e. The predicted molar refractivity (Wildman–Crippen MR) is 171 cm³/mol. The summed E-state index contributed by atoms with van der Waals surface area (Å²) in [5.41, 5.74) is -3.81. The Kier molecular flexibility index (Phi) is 10.3. The Morgan fingerprint density at radius 1 is 1.02 bits per heavy atom. The molecule has 1 saturated heterocycles. The van der Waals surface area contributed by atoms with E-state index in [4.69, 9.17) is 9.47 Å². The van der Waals surface area contributed by atoms with Gasteiger partial charge in [-0.1, -0.05) is 76.2 Å². The molecule has 2 aromatic rings. The number of ketones is 1. The topological polar surface area (TPSA) is 163 Å². The number of esters is 1. The number of fused-ring (bicyclic) bond motifs is 5. The van der Waals surface area contributed by atoms with Crippen molar-refractivity contribution < 1.29 is 88.3 Å². The van der Waals surface area contributed by atoms with Crippen LogP contribution >= 0.6 is 0 Å². The van der Waals surface area contributed by atoms with Crippen LogP contribution in [-0.2, 0) is 19.1 Å². The van der Waals surface area contributed by atoms with Crippen molar-refractivity contribution in [2.45, 2.75) is 95.5 Å². The molecule has 11 heteroatoms. The maximum Gasteiger partial charge on any atom is 0.338 e. The van der Waals surface area contributed by atoms with E-state index >= 15 is 0 Å². The van der Waals surface area contributed by atoms with Crippen molar-refractivity contribution in [2.24, 2.45) is 22.7 Å². The molecule has 3 aliphatic carbocycles. The minimum atomic E-state index is -1.84. The summed E-state index contributed by atoms with van der Waals surface area (Å²) in [4.78, 5) is 41.2. The summed E-state index contributed by atoms with van der Waals surface area (Å²) in [6.07, 6.45) is -4.32. The van der Waals surface area contributed by atoms with Gasteiger partial charge in [-0.3, -0.25) is 9.59 Å². The number of carbonyl (C=O) groups excluding carboxylic acids is 3. The van der Waals surface area contributed by atoms with Gasteiger partial charge in [0.1, 0.15) is 17.8 Å². The summed E-state index contributed by atoms with van der Waals surface area (Å²) in [7, 11) is 0. The van der Waals surface area contributed by atoms with Gasteiger partial charge in [0, 0.05) is 72.8 Å². The van der Waals surface area contributed by atoms with Gasteiger partial charge in [-0.05, 0) is 54.5 Å². The molecule has 1 amide bonds. The van der Waals surface area contributed by atoms with Crippen LogP contribution in [0.3, 0.4) is 0 Å². The molecule has 1 aliphatic heterocycles. The van der Waals surface area contributed by atoms with E-state index in [1.165, 1.54) is 0 Å². The average molecular weight is 875 g/mol. The van der Waals surface area contributed by atoms with Crippen LogP contribution in [0, 0.1) is 66.7 Å². The molecule has 2 aromatic carbocycles. The maximum atomic E-state index is 14.3. The zero-order chi connectivity index (χ0) is 34.1. The molecular weight excluding hydrogens is 829 g/mol. The van der Waals surface area contributed by atoms with E-state index in [9.17, 15) is 34.8 Å². The van der Waals surface area contributed by atoms with Crippen molar-refractivity contribution in [3.8, 4) is 0 Å². The fourth-order valence-electron chi connectivity index (χ4n) is 9.31. The molecular formula is C37H45AcNO9. The molecule has 5 N–H and O–H groups in total. The molecule has 48 heavy (non-hydrogen) atoms. The van der Waals surface area contributed by atoms with E-state index in [1.807, 2.05) is 6.92 Å². The van der Waals surface area contributed by atoms with Crippen molar-refractivity contribution in [1.29, 1.82) is 0 Å². The second kappa shape index (κ2) is 13.3. The molecule has 0 aromatic heterocycles. The number of Topliss-reactive ketones (excluding diaryl/α,β-unsaturated/α-hetero) is 1. The van der Waals surface area contributed by atoms with Crippen molar-refractivity contribution in [1.82, 2.24) is 5.32 Å². The first-order valence-corrected chi connectivity index (χ1v) is 16.4. The number of carbonyl (C=O) groups is 3.